The van der Waals surface area contributed by atoms with Crippen molar-refractivity contribution >= 4 is 17.5 Å². The van der Waals surface area contributed by atoms with Crippen LogP contribution < -0.4 is 10.2 Å². The molecule has 1 fully saturated rings. The molecule has 0 spiro atoms. The number of piperazine rings is 1. The minimum absolute atomic E-state index is 0.414. The van der Waals surface area contributed by atoms with Crippen LogP contribution in [0.1, 0.15) is 12.5 Å². The Hall–Kier alpha value is -0.870. The number of nitrogens with zero attached hydrogens (tertiary/aromatic N) is 3. The van der Waals surface area contributed by atoms with Gasteiger partial charge in [0, 0.05) is 37.4 Å². The Labute approximate surface area is 94.7 Å². The molecule has 0 aliphatic carbocycles. The van der Waals surface area contributed by atoms with Crippen molar-refractivity contribution in [1.29, 1.82) is 0 Å². The van der Waals surface area contributed by atoms with Gasteiger partial charge in [0.15, 0.2) is 0 Å². The molecular weight excluding hydrogens is 212 g/mol. The maximum atomic E-state index is 5.99. The summed E-state index contributed by atoms with van der Waals surface area (Å²) in [6.07, 6.45) is 1.78. The summed E-state index contributed by atoms with van der Waals surface area (Å²) in [5.41, 5.74) is 0.920. The molecule has 0 amide bonds. The average molecular weight is 227 g/mol. The Morgan fingerprint density at radius 3 is 3.07 bits per heavy atom. The van der Waals surface area contributed by atoms with Gasteiger partial charge in [-0.3, -0.25) is 0 Å². The highest BCUT2D eigenvalue weighted by molar-refractivity contribution is 6.30. The van der Waals surface area contributed by atoms with E-state index in [1.54, 1.807) is 6.20 Å². The van der Waals surface area contributed by atoms with Crippen LogP contribution in [-0.2, 0) is 0 Å². The van der Waals surface area contributed by atoms with Crippen molar-refractivity contribution in [3.8, 4) is 0 Å². The molecule has 15 heavy (non-hydrogen) atoms. The summed E-state index contributed by atoms with van der Waals surface area (Å²) in [7, 11) is 0. The molecule has 5 heteroatoms. The van der Waals surface area contributed by atoms with Gasteiger partial charge in [0.2, 0.25) is 5.95 Å². The van der Waals surface area contributed by atoms with Gasteiger partial charge in [0.1, 0.15) is 5.15 Å². The van der Waals surface area contributed by atoms with Crippen LogP contribution in [0.15, 0.2) is 6.20 Å². The minimum Gasteiger partial charge on any atom is -0.336 e. The third kappa shape index (κ3) is 2.21. The summed E-state index contributed by atoms with van der Waals surface area (Å²) in [5.74, 6) is 0.736. The zero-order chi connectivity index (χ0) is 10.8. The summed E-state index contributed by atoms with van der Waals surface area (Å²) in [5, 5.41) is 3.88. The first-order valence-corrected chi connectivity index (χ1v) is 5.53. The van der Waals surface area contributed by atoms with Crippen LogP contribution >= 0.6 is 11.6 Å². The van der Waals surface area contributed by atoms with Gasteiger partial charge < -0.3 is 10.2 Å². The van der Waals surface area contributed by atoms with Crippen molar-refractivity contribution in [1.82, 2.24) is 15.3 Å². The first-order valence-electron chi connectivity index (χ1n) is 5.15. The van der Waals surface area contributed by atoms with Gasteiger partial charge in [-0.2, -0.15) is 0 Å². The second-order valence-electron chi connectivity index (χ2n) is 3.89. The second kappa shape index (κ2) is 4.33. The van der Waals surface area contributed by atoms with E-state index in [2.05, 4.69) is 27.1 Å². The smallest absolute Gasteiger partial charge is 0.227 e. The molecule has 1 N–H and O–H groups in total. The Morgan fingerprint density at radius 2 is 2.40 bits per heavy atom. The lowest BCUT2D eigenvalue weighted by atomic mass is 10.2. The summed E-state index contributed by atoms with van der Waals surface area (Å²) >= 11 is 5.99. The molecule has 2 heterocycles. The number of halogens is 1. The topological polar surface area (TPSA) is 41.1 Å². The van der Waals surface area contributed by atoms with Crippen LogP contribution in [0.3, 0.4) is 0 Å². The molecule has 1 unspecified atom stereocenters. The van der Waals surface area contributed by atoms with Crippen LogP contribution in [0, 0.1) is 6.92 Å². The molecule has 82 valence electrons. The average Bonchev–Trinajstić information content (AvgIpc) is 2.23. The van der Waals surface area contributed by atoms with Gasteiger partial charge in [-0.1, -0.05) is 11.6 Å². The van der Waals surface area contributed by atoms with E-state index in [-0.39, 0.29) is 0 Å². The number of nitrogens with one attached hydrogen (secondary N) is 1. The zero-order valence-electron chi connectivity index (χ0n) is 9.00. The van der Waals surface area contributed by atoms with Gasteiger partial charge >= 0.3 is 0 Å². The number of hydrogen-bond acceptors (Lipinski definition) is 4. The largest absolute Gasteiger partial charge is 0.336 e. The van der Waals surface area contributed by atoms with Crippen molar-refractivity contribution in [2.45, 2.75) is 19.9 Å². The van der Waals surface area contributed by atoms with Crippen molar-refractivity contribution in [2.24, 2.45) is 0 Å². The zero-order valence-corrected chi connectivity index (χ0v) is 9.75. The molecule has 2 rings (SSSR count). The molecule has 1 aromatic heterocycles. The SMILES string of the molecule is Cc1cnc(N2CCNCC2C)nc1Cl. The minimum atomic E-state index is 0.414. The normalized spacial score (nSPS) is 21.8. The molecule has 1 aromatic rings. The first-order chi connectivity index (χ1) is 7.18. The molecule has 4 nitrogen and oxygen atoms in total. The summed E-state index contributed by atoms with van der Waals surface area (Å²) in [4.78, 5) is 10.8. The van der Waals surface area contributed by atoms with Crippen LogP contribution in [0.4, 0.5) is 5.95 Å². The van der Waals surface area contributed by atoms with Gasteiger partial charge in [-0.25, -0.2) is 9.97 Å². The van der Waals surface area contributed by atoms with Gasteiger partial charge in [0.05, 0.1) is 0 Å². The number of aryl methyl sites for hydroxylation is 1. The van der Waals surface area contributed by atoms with Gasteiger partial charge in [0.25, 0.3) is 0 Å². The van der Waals surface area contributed by atoms with Crippen LogP contribution in [-0.4, -0.2) is 35.6 Å². The number of rotatable bonds is 1. The van der Waals surface area contributed by atoms with Crippen molar-refractivity contribution in [3.63, 3.8) is 0 Å². The lowest BCUT2D eigenvalue weighted by Crippen LogP contribution is -2.50. The molecule has 0 saturated carbocycles. The van der Waals surface area contributed by atoms with Gasteiger partial charge in [-0.05, 0) is 13.8 Å². The van der Waals surface area contributed by atoms with E-state index in [1.807, 2.05) is 6.92 Å². The Balaban J connectivity index is 2.24. The highest BCUT2D eigenvalue weighted by Gasteiger charge is 2.20. The van der Waals surface area contributed by atoms with Crippen molar-refractivity contribution in [3.05, 3.63) is 16.9 Å². The molecule has 0 bridgehead atoms. The molecule has 0 radical (unpaired) electrons. The molecular formula is C10H15ClN4. The Bertz CT molecular complexity index is 355. The molecule has 0 aromatic carbocycles. The van der Waals surface area contributed by atoms with E-state index in [9.17, 15) is 0 Å². The Morgan fingerprint density at radius 1 is 1.60 bits per heavy atom. The van der Waals surface area contributed by atoms with Crippen LogP contribution in [0.5, 0.6) is 0 Å². The fourth-order valence-electron chi connectivity index (χ4n) is 1.69. The lowest BCUT2D eigenvalue weighted by molar-refractivity contribution is 0.493. The summed E-state index contributed by atoms with van der Waals surface area (Å²) in [6, 6.07) is 0.414. The molecule has 1 aliphatic rings. The van der Waals surface area contributed by atoms with Gasteiger partial charge in [-0.15, -0.1) is 0 Å². The maximum Gasteiger partial charge on any atom is 0.227 e. The van der Waals surface area contributed by atoms with Crippen LogP contribution in [0.25, 0.3) is 0 Å². The van der Waals surface area contributed by atoms with Crippen molar-refractivity contribution in [2.75, 3.05) is 24.5 Å². The number of aromatic nitrogens is 2. The Kier molecular flexibility index (Phi) is 3.07. The third-order valence-corrected chi connectivity index (χ3v) is 3.04. The molecule has 1 atom stereocenters. The quantitative estimate of drug-likeness (QED) is 0.732. The molecule has 1 saturated heterocycles. The number of hydrogen-bond donors (Lipinski definition) is 1. The first kappa shape index (κ1) is 10.6. The van der Waals surface area contributed by atoms with E-state index in [0.717, 1.165) is 31.1 Å². The second-order valence-corrected chi connectivity index (χ2v) is 4.25. The standard InChI is InChI=1S/C10H15ClN4/c1-7-5-13-10(14-9(7)11)15-4-3-12-6-8(15)2/h5,8,12H,3-4,6H2,1-2H3. The van der Waals surface area contributed by atoms with Crippen molar-refractivity contribution < 1.29 is 0 Å². The fraction of sp³-hybridized carbons (Fsp3) is 0.600. The monoisotopic (exact) mass is 226 g/mol. The maximum absolute atomic E-state index is 5.99. The number of anilines is 1. The van der Waals surface area contributed by atoms with E-state index < -0.39 is 0 Å². The summed E-state index contributed by atoms with van der Waals surface area (Å²) < 4.78 is 0. The third-order valence-electron chi connectivity index (χ3n) is 2.66. The van der Waals surface area contributed by atoms with E-state index in [1.165, 1.54) is 0 Å². The lowest BCUT2D eigenvalue weighted by Gasteiger charge is -2.33. The van der Waals surface area contributed by atoms with Crippen LogP contribution in [0.2, 0.25) is 5.15 Å². The molecule has 1 aliphatic heterocycles. The van der Waals surface area contributed by atoms with E-state index >= 15 is 0 Å². The van der Waals surface area contributed by atoms with E-state index in [0.29, 0.717) is 11.2 Å². The predicted octanol–water partition coefficient (Wildman–Crippen LogP) is 1.24. The highest BCUT2D eigenvalue weighted by Crippen LogP contribution is 2.17. The van der Waals surface area contributed by atoms with E-state index in [4.69, 9.17) is 11.6 Å². The fourth-order valence-corrected chi connectivity index (χ4v) is 1.81. The predicted molar refractivity (Wildman–Crippen MR) is 61.5 cm³/mol. The summed E-state index contributed by atoms with van der Waals surface area (Å²) in [6.45, 7) is 6.94. The highest BCUT2D eigenvalue weighted by atomic mass is 35.5.